The van der Waals surface area contributed by atoms with Crippen molar-refractivity contribution >= 4 is 6.03 Å². The van der Waals surface area contributed by atoms with E-state index in [1.807, 2.05) is 7.05 Å². The van der Waals surface area contributed by atoms with E-state index in [1.165, 1.54) is 25.9 Å². The number of hydrogen-bond donors (Lipinski definition) is 3. The number of hydrogen-bond acceptors (Lipinski definition) is 3. The highest BCUT2D eigenvalue weighted by molar-refractivity contribution is 5.73. The van der Waals surface area contributed by atoms with Gasteiger partial charge in [-0.25, -0.2) is 4.79 Å². The number of urea groups is 1. The second kappa shape index (κ2) is 7.48. The van der Waals surface area contributed by atoms with Gasteiger partial charge in [0.2, 0.25) is 0 Å². The van der Waals surface area contributed by atoms with Crippen molar-refractivity contribution < 1.29 is 4.79 Å². The molecule has 2 amide bonds. The van der Waals surface area contributed by atoms with Crippen LogP contribution >= 0.6 is 0 Å². The molecule has 0 aliphatic carbocycles. The zero-order valence-corrected chi connectivity index (χ0v) is 9.51. The summed E-state index contributed by atoms with van der Waals surface area (Å²) in [6, 6.07) is -0.0653. The first-order valence-corrected chi connectivity index (χ1v) is 5.71. The summed E-state index contributed by atoms with van der Waals surface area (Å²) in [5, 5.41) is 8.60. The third kappa shape index (κ3) is 5.59. The molecular weight excluding hydrogens is 192 g/mol. The second-order valence-electron chi connectivity index (χ2n) is 3.83. The molecule has 0 spiro atoms. The fourth-order valence-corrected chi connectivity index (χ4v) is 1.70. The van der Waals surface area contributed by atoms with Gasteiger partial charge in [0.25, 0.3) is 0 Å². The minimum absolute atomic E-state index is 0.0653. The van der Waals surface area contributed by atoms with Crippen LogP contribution in [-0.4, -0.2) is 57.2 Å². The predicted molar refractivity (Wildman–Crippen MR) is 61.0 cm³/mol. The molecule has 1 aliphatic rings. The lowest BCUT2D eigenvalue weighted by molar-refractivity contribution is 0.238. The Balaban J connectivity index is 1.91. The van der Waals surface area contributed by atoms with Gasteiger partial charge in [-0.3, -0.25) is 0 Å². The largest absolute Gasteiger partial charge is 0.337 e. The van der Waals surface area contributed by atoms with Gasteiger partial charge in [-0.15, -0.1) is 0 Å². The Morgan fingerprint density at radius 1 is 1.13 bits per heavy atom. The first-order chi connectivity index (χ1) is 7.33. The summed E-state index contributed by atoms with van der Waals surface area (Å²) in [5.74, 6) is 0. The Morgan fingerprint density at radius 3 is 2.47 bits per heavy atom. The predicted octanol–water partition coefficient (Wildman–Crippen LogP) is -0.399. The first-order valence-electron chi connectivity index (χ1n) is 5.71. The average molecular weight is 214 g/mol. The number of rotatable bonds is 6. The summed E-state index contributed by atoms with van der Waals surface area (Å²) < 4.78 is 0. The summed E-state index contributed by atoms with van der Waals surface area (Å²) >= 11 is 0. The van der Waals surface area contributed by atoms with Crippen LogP contribution in [0, 0.1) is 0 Å². The van der Waals surface area contributed by atoms with E-state index in [9.17, 15) is 4.79 Å². The molecule has 1 fully saturated rings. The molecule has 0 atom stereocenters. The van der Waals surface area contributed by atoms with Gasteiger partial charge >= 0.3 is 6.03 Å². The third-order valence-corrected chi connectivity index (χ3v) is 2.57. The molecule has 1 rings (SSSR count). The fraction of sp³-hybridized carbons (Fsp3) is 0.900. The second-order valence-corrected chi connectivity index (χ2v) is 3.83. The third-order valence-electron chi connectivity index (χ3n) is 2.57. The molecule has 1 saturated heterocycles. The highest BCUT2D eigenvalue weighted by Gasteiger charge is 2.10. The Bertz CT molecular complexity index is 180. The van der Waals surface area contributed by atoms with E-state index in [0.717, 1.165) is 19.6 Å². The van der Waals surface area contributed by atoms with Crippen molar-refractivity contribution in [3.05, 3.63) is 0 Å². The topological polar surface area (TPSA) is 56.4 Å². The number of carbonyl (C=O) groups excluding carboxylic acids is 1. The van der Waals surface area contributed by atoms with Crippen molar-refractivity contribution in [3.8, 4) is 0 Å². The number of nitrogens with zero attached hydrogens (tertiary/aromatic N) is 1. The Kier molecular flexibility index (Phi) is 6.11. The Labute approximate surface area is 91.6 Å². The molecule has 5 nitrogen and oxygen atoms in total. The van der Waals surface area contributed by atoms with E-state index >= 15 is 0 Å². The van der Waals surface area contributed by atoms with Crippen molar-refractivity contribution in [2.24, 2.45) is 0 Å². The molecule has 0 aromatic heterocycles. The van der Waals surface area contributed by atoms with Gasteiger partial charge in [-0.2, -0.15) is 0 Å². The number of likely N-dealkylation sites (tertiary alicyclic amines) is 1. The molecule has 0 radical (unpaired) electrons. The van der Waals surface area contributed by atoms with E-state index in [1.54, 1.807) is 0 Å². The van der Waals surface area contributed by atoms with E-state index in [-0.39, 0.29) is 6.03 Å². The van der Waals surface area contributed by atoms with Gasteiger partial charge in [0.05, 0.1) is 0 Å². The number of amides is 2. The van der Waals surface area contributed by atoms with Crippen LogP contribution in [-0.2, 0) is 0 Å². The lowest BCUT2D eigenvalue weighted by atomic mass is 10.4. The molecule has 1 aliphatic heterocycles. The van der Waals surface area contributed by atoms with Crippen LogP contribution in [0.3, 0.4) is 0 Å². The highest BCUT2D eigenvalue weighted by atomic mass is 16.2. The van der Waals surface area contributed by atoms with Gasteiger partial charge in [0.15, 0.2) is 0 Å². The molecule has 5 heteroatoms. The monoisotopic (exact) mass is 214 g/mol. The van der Waals surface area contributed by atoms with Crippen LogP contribution in [0.25, 0.3) is 0 Å². The minimum atomic E-state index is -0.0653. The standard InChI is InChI=1S/C10H22N4O/c1-11-4-5-12-10(15)13-6-9-14-7-2-3-8-14/h11H,2-9H2,1H3,(H2,12,13,15). The lowest BCUT2D eigenvalue weighted by Gasteiger charge is -2.14. The molecule has 1 heterocycles. The van der Waals surface area contributed by atoms with Crippen molar-refractivity contribution in [2.45, 2.75) is 12.8 Å². The maximum atomic E-state index is 11.2. The summed E-state index contributed by atoms with van der Waals surface area (Å²) in [6.45, 7) is 5.56. The highest BCUT2D eigenvalue weighted by Crippen LogP contribution is 2.05. The number of carbonyl (C=O) groups is 1. The molecule has 0 saturated carbocycles. The van der Waals surface area contributed by atoms with Gasteiger partial charge in [0, 0.05) is 26.2 Å². The van der Waals surface area contributed by atoms with E-state index in [2.05, 4.69) is 20.9 Å². The van der Waals surface area contributed by atoms with Gasteiger partial charge in [0.1, 0.15) is 0 Å². The van der Waals surface area contributed by atoms with Crippen LogP contribution in [0.2, 0.25) is 0 Å². The molecule has 88 valence electrons. The zero-order valence-electron chi connectivity index (χ0n) is 9.51. The van der Waals surface area contributed by atoms with E-state index in [4.69, 9.17) is 0 Å². The molecule has 3 N–H and O–H groups in total. The zero-order chi connectivity index (χ0) is 10.9. The van der Waals surface area contributed by atoms with Crippen LogP contribution in [0.1, 0.15) is 12.8 Å². The molecule has 0 aromatic rings. The number of likely N-dealkylation sites (N-methyl/N-ethyl adjacent to an activating group) is 1. The lowest BCUT2D eigenvalue weighted by Crippen LogP contribution is -2.41. The summed E-state index contributed by atoms with van der Waals surface area (Å²) in [4.78, 5) is 13.6. The fourth-order valence-electron chi connectivity index (χ4n) is 1.70. The molecule has 0 aromatic carbocycles. The van der Waals surface area contributed by atoms with Gasteiger partial charge in [-0.1, -0.05) is 0 Å². The van der Waals surface area contributed by atoms with E-state index < -0.39 is 0 Å². The van der Waals surface area contributed by atoms with Crippen LogP contribution in [0.4, 0.5) is 4.79 Å². The maximum absolute atomic E-state index is 11.2. The first kappa shape index (κ1) is 12.3. The van der Waals surface area contributed by atoms with Gasteiger partial charge < -0.3 is 20.9 Å². The molecule has 0 bridgehead atoms. The summed E-state index contributed by atoms with van der Waals surface area (Å²) in [7, 11) is 1.87. The maximum Gasteiger partial charge on any atom is 0.314 e. The summed E-state index contributed by atoms with van der Waals surface area (Å²) in [5.41, 5.74) is 0. The number of nitrogens with one attached hydrogen (secondary N) is 3. The van der Waals surface area contributed by atoms with E-state index in [0.29, 0.717) is 6.54 Å². The molecule has 0 unspecified atom stereocenters. The van der Waals surface area contributed by atoms with Crippen molar-refractivity contribution in [3.63, 3.8) is 0 Å². The van der Waals surface area contributed by atoms with Crippen LogP contribution in [0.5, 0.6) is 0 Å². The Hall–Kier alpha value is -0.810. The van der Waals surface area contributed by atoms with Crippen molar-refractivity contribution in [1.82, 2.24) is 20.9 Å². The van der Waals surface area contributed by atoms with Crippen LogP contribution in [0.15, 0.2) is 0 Å². The SMILES string of the molecule is CNCCNC(=O)NCCN1CCCC1. The molecular formula is C10H22N4O. The van der Waals surface area contributed by atoms with Crippen LogP contribution < -0.4 is 16.0 Å². The quantitative estimate of drug-likeness (QED) is 0.527. The van der Waals surface area contributed by atoms with Crippen molar-refractivity contribution in [2.75, 3.05) is 46.3 Å². The Morgan fingerprint density at radius 2 is 1.80 bits per heavy atom. The smallest absolute Gasteiger partial charge is 0.314 e. The van der Waals surface area contributed by atoms with Gasteiger partial charge in [-0.05, 0) is 33.0 Å². The average Bonchev–Trinajstić information content (AvgIpc) is 2.71. The molecule has 15 heavy (non-hydrogen) atoms. The summed E-state index contributed by atoms with van der Waals surface area (Å²) in [6.07, 6.45) is 2.60. The normalized spacial score (nSPS) is 16.6. The minimum Gasteiger partial charge on any atom is -0.337 e. The van der Waals surface area contributed by atoms with Crippen molar-refractivity contribution in [1.29, 1.82) is 0 Å².